The van der Waals surface area contributed by atoms with Gasteiger partial charge in [-0.25, -0.2) is 9.78 Å². The standard InChI is InChI=1S/C9H7BrCl3NO2/c1-5(9(11,12)13)16-8(15)7-6(10)3-2-4-14-7/h2-5H,1H3/t5-/m1/s1. The van der Waals surface area contributed by atoms with E-state index in [1.807, 2.05) is 0 Å². The molecule has 0 fully saturated rings. The minimum Gasteiger partial charge on any atom is -0.453 e. The highest BCUT2D eigenvalue weighted by molar-refractivity contribution is 9.10. The van der Waals surface area contributed by atoms with E-state index < -0.39 is 15.9 Å². The van der Waals surface area contributed by atoms with Crippen LogP contribution >= 0.6 is 50.7 Å². The van der Waals surface area contributed by atoms with Gasteiger partial charge in [0.15, 0.2) is 5.69 Å². The number of carbonyl (C=O) groups is 1. The number of esters is 1. The van der Waals surface area contributed by atoms with E-state index in [1.54, 1.807) is 12.1 Å². The molecule has 7 heteroatoms. The number of nitrogens with zero attached hydrogens (tertiary/aromatic N) is 1. The maximum Gasteiger partial charge on any atom is 0.358 e. The van der Waals surface area contributed by atoms with Crippen LogP contribution in [0, 0.1) is 0 Å². The van der Waals surface area contributed by atoms with Crippen molar-refractivity contribution in [2.75, 3.05) is 0 Å². The summed E-state index contributed by atoms with van der Waals surface area (Å²) >= 11 is 19.9. The molecule has 0 aromatic carbocycles. The van der Waals surface area contributed by atoms with E-state index in [2.05, 4.69) is 20.9 Å². The molecule has 0 spiro atoms. The lowest BCUT2D eigenvalue weighted by atomic mass is 10.3. The molecule has 3 nitrogen and oxygen atoms in total. The van der Waals surface area contributed by atoms with Gasteiger partial charge in [0.05, 0.1) is 4.47 Å². The molecular formula is C9H7BrCl3NO2. The number of hydrogen-bond donors (Lipinski definition) is 0. The van der Waals surface area contributed by atoms with Gasteiger partial charge in [-0.1, -0.05) is 34.8 Å². The molecule has 1 atom stereocenters. The maximum atomic E-state index is 11.6. The summed E-state index contributed by atoms with van der Waals surface area (Å²) in [5.74, 6) is -0.647. The summed E-state index contributed by atoms with van der Waals surface area (Å²) in [6.07, 6.45) is 0.611. The molecular weight excluding hydrogens is 340 g/mol. The van der Waals surface area contributed by atoms with Gasteiger partial charge in [0.2, 0.25) is 3.79 Å². The predicted molar refractivity (Wildman–Crippen MR) is 67.1 cm³/mol. The maximum absolute atomic E-state index is 11.6. The van der Waals surface area contributed by atoms with Crippen LogP contribution in [-0.4, -0.2) is 20.8 Å². The Balaban J connectivity index is 2.78. The fraction of sp³-hybridized carbons (Fsp3) is 0.333. The van der Waals surface area contributed by atoms with Crippen molar-refractivity contribution >= 4 is 56.7 Å². The first-order valence-corrected chi connectivity index (χ1v) is 6.13. The van der Waals surface area contributed by atoms with E-state index in [9.17, 15) is 4.79 Å². The van der Waals surface area contributed by atoms with E-state index in [0.717, 1.165) is 0 Å². The number of pyridine rings is 1. The number of halogens is 4. The Morgan fingerprint density at radius 1 is 1.56 bits per heavy atom. The normalized spacial score (nSPS) is 13.3. The van der Waals surface area contributed by atoms with E-state index in [0.29, 0.717) is 4.47 Å². The predicted octanol–water partition coefficient (Wildman–Crippen LogP) is 3.76. The molecule has 1 aromatic rings. The van der Waals surface area contributed by atoms with Crippen LogP contribution in [-0.2, 0) is 4.74 Å². The number of alkyl halides is 3. The lowest BCUT2D eigenvalue weighted by Gasteiger charge is -2.20. The molecule has 0 saturated heterocycles. The van der Waals surface area contributed by atoms with Crippen LogP contribution in [0.4, 0.5) is 0 Å². The van der Waals surface area contributed by atoms with E-state index in [-0.39, 0.29) is 5.69 Å². The van der Waals surface area contributed by atoms with Crippen LogP contribution < -0.4 is 0 Å². The van der Waals surface area contributed by atoms with E-state index >= 15 is 0 Å². The van der Waals surface area contributed by atoms with Crippen molar-refractivity contribution in [2.24, 2.45) is 0 Å². The summed E-state index contributed by atoms with van der Waals surface area (Å²) in [6.45, 7) is 1.49. The van der Waals surface area contributed by atoms with Crippen LogP contribution in [0.1, 0.15) is 17.4 Å². The molecule has 0 aliphatic carbocycles. The molecule has 0 saturated carbocycles. The van der Waals surface area contributed by atoms with Gasteiger partial charge in [-0.15, -0.1) is 0 Å². The minimum atomic E-state index is -1.66. The second-order valence-electron chi connectivity index (χ2n) is 2.92. The van der Waals surface area contributed by atoms with Gasteiger partial charge in [0.25, 0.3) is 0 Å². The van der Waals surface area contributed by atoms with Gasteiger partial charge in [0.1, 0.15) is 6.10 Å². The molecule has 0 bridgehead atoms. The highest BCUT2D eigenvalue weighted by Crippen LogP contribution is 2.32. The molecule has 16 heavy (non-hydrogen) atoms. The fourth-order valence-corrected chi connectivity index (χ4v) is 1.37. The van der Waals surface area contributed by atoms with Crippen molar-refractivity contribution in [1.29, 1.82) is 0 Å². The molecule has 88 valence electrons. The Morgan fingerprint density at radius 3 is 2.69 bits per heavy atom. The molecule has 0 N–H and O–H groups in total. The van der Waals surface area contributed by atoms with Crippen LogP contribution in [0.5, 0.6) is 0 Å². The fourth-order valence-electron chi connectivity index (χ4n) is 0.819. The van der Waals surface area contributed by atoms with E-state index in [1.165, 1.54) is 13.1 Å². The second-order valence-corrected chi connectivity index (χ2v) is 6.15. The first-order valence-electron chi connectivity index (χ1n) is 4.20. The summed E-state index contributed by atoms with van der Waals surface area (Å²) in [7, 11) is 0. The number of carbonyl (C=O) groups excluding carboxylic acids is 1. The first kappa shape index (κ1) is 14.0. The quantitative estimate of drug-likeness (QED) is 0.604. The monoisotopic (exact) mass is 345 g/mol. The topological polar surface area (TPSA) is 39.2 Å². The van der Waals surface area contributed by atoms with Crippen LogP contribution in [0.25, 0.3) is 0 Å². The highest BCUT2D eigenvalue weighted by atomic mass is 79.9. The molecule has 1 rings (SSSR count). The summed E-state index contributed by atoms with van der Waals surface area (Å²) in [4.78, 5) is 15.5. The van der Waals surface area contributed by atoms with Gasteiger partial charge in [0, 0.05) is 6.20 Å². The molecule has 0 unspecified atom stereocenters. The van der Waals surface area contributed by atoms with E-state index in [4.69, 9.17) is 39.5 Å². The largest absolute Gasteiger partial charge is 0.453 e. The lowest BCUT2D eigenvalue weighted by Crippen LogP contribution is -2.28. The summed E-state index contributed by atoms with van der Waals surface area (Å²) < 4.78 is 3.82. The Bertz CT molecular complexity index is 395. The van der Waals surface area contributed by atoms with Gasteiger partial charge in [-0.2, -0.15) is 0 Å². The Kier molecular flexibility index (Phi) is 4.86. The third kappa shape index (κ3) is 3.77. The zero-order valence-corrected chi connectivity index (χ0v) is 11.9. The average molecular weight is 347 g/mol. The van der Waals surface area contributed by atoms with Gasteiger partial charge in [-0.3, -0.25) is 0 Å². The van der Waals surface area contributed by atoms with Crippen LogP contribution in [0.2, 0.25) is 0 Å². The third-order valence-electron chi connectivity index (χ3n) is 1.70. The third-order valence-corrected chi connectivity index (χ3v) is 3.26. The molecule has 1 aromatic heterocycles. The van der Waals surface area contributed by atoms with Crippen molar-refractivity contribution in [3.8, 4) is 0 Å². The van der Waals surface area contributed by atoms with Crippen molar-refractivity contribution in [1.82, 2.24) is 4.98 Å². The van der Waals surface area contributed by atoms with Crippen LogP contribution in [0.15, 0.2) is 22.8 Å². The highest BCUT2D eigenvalue weighted by Gasteiger charge is 2.32. The Hall–Kier alpha value is -0.0300. The summed E-state index contributed by atoms with van der Waals surface area (Å²) in [6, 6.07) is 3.35. The van der Waals surface area contributed by atoms with Crippen molar-refractivity contribution in [2.45, 2.75) is 16.8 Å². The number of hydrogen-bond acceptors (Lipinski definition) is 3. The van der Waals surface area contributed by atoms with Crippen molar-refractivity contribution in [3.05, 3.63) is 28.5 Å². The molecule has 0 radical (unpaired) electrons. The number of aromatic nitrogens is 1. The Morgan fingerprint density at radius 2 is 2.19 bits per heavy atom. The van der Waals surface area contributed by atoms with Crippen LogP contribution in [0.3, 0.4) is 0 Å². The molecule has 1 heterocycles. The zero-order valence-electron chi connectivity index (χ0n) is 8.08. The van der Waals surface area contributed by atoms with Gasteiger partial charge < -0.3 is 4.74 Å². The van der Waals surface area contributed by atoms with Crippen molar-refractivity contribution < 1.29 is 9.53 Å². The smallest absolute Gasteiger partial charge is 0.358 e. The minimum absolute atomic E-state index is 0.142. The SMILES string of the molecule is C[C@@H](OC(=O)c1ncccc1Br)C(Cl)(Cl)Cl. The number of rotatable bonds is 2. The molecule has 0 aliphatic rings. The first-order chi connectivity index (χ1) is 7.32. The second kappa shape index (κ2) is 5.54. The lowest BCUT2D eigenvalue weighted by molar-refractivity contribution is 0.0341. The summed E-state index contributed by atoms with van der Waals surface area (Å²) in [5, 5.41) is 0. The molecule has 0 aliphatic heterocycles. The average Bonchev–Trinajstić information content (AvgIpc) is 2.16. The van der Waals surface area contributed by atoms with Gasteiger partial charge in [-0.05, 0) is 35.0 Å². The summed E-state index contributed by atoms with van der Waals surface area (Å²) in [5.41, 5.74) is 0.142. The Labute approximate surface area is 116 Å². The molecule has 0 amide bonds. The number of ether oxygens (including phenoxy) is 1. The van der Waals surface area contributed by atoms with Crippen molar-refractivity contribution in [3.63, 3.8) is 0 Å². The van der Waals surface area contributed by atoms with Gasteiger partial charge >= 0.3 is 5.97 Å². The zero-order chi connectivity index (χ0) is 12.3.